The Kier molecular flexibility index (Phi) is 10.7. The highest BCUT2D eigenvalue weighted by Gasteiger charge is 2.14. The van der Waals surface area contributed by atoms with Gasteiger partial charge in [-0.3, -0.25) is 0 Å². The second-order valence-corrected chi connectivity index (χ2v) is 4.61. The molecule has 0 N–H and O–H groups in total. The van der Waals surface area contributed by atoms with Gasteiger partial charge in [-0.15, -0.1) is 10.0 Å². The molecular weight excluding hydrogens is 292 g/mol. The van der Waals surface area contributed by atoms with E-state index in [0.717, 1.165) is 22.9 Å². The molecule has 0 aromatic carbocycles. The van der Waals surface area contributed by atoms with Gasteiger partial charge in [0.25, 0.3) is 0 Å². The second kappa shape index (κ2) is 12.1. The van der Waals surface area contributed by atoms with Gasteiger partial charge in [0, 0.05) is 0 Å². The molecule has 0 aliphatic carbocycles. The van der Waals surface area contributed by atoms with Crippen LogP contribution in [0.5, 0.6) is 0 Å². The lowest BCUT2D eigenvalue weighted by molar-refractivity contribution is -0.655. The standard InChI is InChI=1S/C12H20N6O4/c13-7-5-11-15(17(19)20)9-3-1-2-4-10-16(18(21)22)12-6-8-14/h1-6,9-12H2. The predicted molar refractivity (Wildman–Crippen MR) is 76.1 cm³/mol. The van der Waals surface area contributed by atoms with Crippen molar-refractivity contribution >= 4 is 0 Å². The van der Waals surface area contributed by atoms with Crippen LogP contribution in [0.3, 0.4) is 0 Å². The summed E-state index contributed by atoms with van der Waals surface area (Å²) in [6, 6.07) is 3.73. The molecule has 0 bridgehead atoms. The van der Waals surface area contributed by atoms with E-state index in [4.69, 9.17) is 10.5 Å². The highest BCUT2D eigenvalue weighted by molar-refractivity contribution is 4.70. The number of hydrazine groups is 2. The van der Waals surface area contributed by atoms with E-state index >= 15 is 0 Å². The molecule has 0 spiro atoms. The summed E-state index contributed by atoms with van der Waals surface area (Å²) in [7, 11) is 0. The molecule has 0 fully saturated rings. The van der Waals surface area contributed by atoms with E-state index in [0.29, 0.717) is 12.8 Å². The normalized spacial score (nSPS) is 9.55. The van der Waals surface area contributed by atoms with E-state index in [1.54, 1.807) is 0 Å². The third-order valence-corrected chi connectivity index (χ3v) is 3.01. The van der Waals surface area contributed by atoms with E-state index in [9.17, 15) is 20.2 Å². The van der Waals surface area contributed by atoms with Gasteiger partial charge in [0.05, 0.1) is 51.2 Å². The molecule has 0 aliphatic rings. The van der Waals surface area contributed by atoms with Crippen LogP contribution in [0.4, 0.5) is 0 Å². The van der Waals surface area contributed by atoms with E-state index in [2.05, 4.69) is 0 Å². The number of nitriles is 2. The molecule has 0 rings (SSSR count). The lowest BCUT2D eigenvalue weighted by Crippen LogP contribution is -2.32. The van der Waals surface area contributed by atoms with Crippen molar-refractivity contribution in [1.29, 1.82) is 10.5 Å². The highest BCUT2D eigenvalue weighted by atomic mass is 16.7. The molecule has 0 saturated heterocycles. The van der Waals surface area contributed by atoms with Crippen molar-refractivity contribution in [2.45, 2.75) is 38.5 Å². The van der Waals surface area contributed by atoms with Gasteiger partial charge in [0.15, 0.2) is 10.1 Å². The molecule has 0 atom stereocenters. The molecule has 0 amide bonds. The van der Waals surface area contributed by atoms with E-state index in [1.807, 2.05) is 12.1 Å². The summed E-state index contributed by atoms with van der Waals surface area (Å²) >= 11 is 0. The third-order valence-electron chi connectivity index (χ3n) is 3.01. The average molecular weight is 312 g/mol. The van der Waals surface area contributed by atoms with Crippen LogP contribution in [0.15, 0.2) is 0 Å². The first kappa shape index (κ1) is 19.4. The maximum Gasteiger partial charge on any atom is 0.160 e. The first-order valence-electron chi connectivity index (χ1n) is 7.05. The minimum atomic E-state index is -0.506. The Morgan fingerprint density at radius 3 is 1.36 bits per heavy atom. The van der Waals surface area contributed by atoms with Gasteiger partial charge < -0.3 is 0 Å². The van der Waals surface area contributed by atoms with Crippen molar-refractivity contribution in [3.63, 3.8) is 0 Å². The largest absolute Gasteiger partial charge is 0.235 e. The molecule has 0 unspecified atom stereocenters. The van der Waals surface area contributed by atoms with Gasteiger partial charge >= 0.3 is 0 Å². The lowest BCUT2D eigenvalue weighted by Gasteiger charge is -2.13. The molecule has 10 nitrogen and oxygen atoms in total. The first-order chi connectivity index (χ1) is 10.5. The molecular formula is C12H20N6O4. The monoisotopic (exact) mass is 312 g/mol. The summed E-state index contributed by atoms with van der Waals surface area (Å²) in [5, 5.41) is 39.3. The highest BCUT2D eigenvalue weighted by Crippen LogP contribution is 2.05. The number of hydrogen-bond donors (Lipinski definition) is 0. The number of rotatable bonds is 13. The maximum atomic E-state index is 10.7. The van der Waals surface area contributed by atoms with Gasteiger partial charge in [0.2, 0.25) is 0 Å². The van der Waals surface area contributed by atoms with Crippen molar-refractivity contribution < 1.29 is 10.1 Å². The van der Waals surface area contributed by atoms with Gasteiger partial charge in [0.1, 0.15) is 0 Å². The Bertz CT molecular complexity index is 390. The molecule has 0 aromatic rings. The maximum absolute atomic E-state index is 10.7. The molecule has 122 valence electrons. The summed E-state index contributed by atoms with van der Waals surface area (Å²) < 4.78 is 0. The Morgan fingerprint density at radius 2 is 1.09 bits per heavy atom. The van der Waals surface area contributed by atoms with Crippen molar-refractivity contribution in [2.24, 2.45) is 0 Å². The smallest absolute Gasteiger partial charge is 0.160 e. The van der Waals surface area contributed by atoms with Crippen LogP contribution in [0.1, 0.15) is 38.5 Å². The van der Waals surface area contributed by atoms with Crippen LogP contribution in [-0.4, -0.2) is 46.3 Å². The fraction of sp³-hybridized carbons (Fsp3) is 0.833. The fourth-order valence-electron chi connectivity index (χ4n) is 1.85. The van der Waals surface area contributed by atoms with Crippen LogP contribution >= 0.6 is 0 Å². The van der Waals surface area contributed by atoms with Crippen LogP contribution in [0.25, 0.3) is 0 Å². The summed E-state index contributed by atoms with van der Waals surface area (Å²) in [6.45, 7) is 0.740. The molecule has 0 saturated carbocycles. The first-order valence-corrected chi connectivity index (χ1v) is 7.05. The Balaban J connectivity index is 3.82. The summed E-state index contributed by atoms with van der Waals surface area (Å²) in [4.78, 5) is 21.4. The molecule has 10 heteroatoms. The molecule has 0 aliphatic heterocycles. The molecule has 0 radical (unpaired) electrons. The zero-order valence-electron chi connectivity index (χ0n) is 12.4. The molecule has 0 heterocycles. The van der Waals surface area contributed by atoms with Crippen LogP contribution in [0.2, 0.25) is 0 Å². The Morgan fingerprint density at radius 1 is 0.727 bits per heavy atom. The number of unbranched alkanes of at least 4 members (excludes halogenated alkanes) is 3. The van der Waals surface area contributed by atoms with E-state index < -0.39 is 10.1 Å². The quantitative estimate of drug-likeness (QED) is 0.282. The number of nitrogens with zero attached hydrogens (tertiary/aromatic N) is 6. The summed E-state index contributed by atoms with van der Waals surface area (Å²) in [5.41, 5.74) is 0. The summed E-state index contributed by atoms with van der Waals surface area (Å²) in [6.07, 6.45) is 2.86. The third kappa shape index (κ3) is 9.31. The average Bonchev–Trinajstić information content (AvgIpc) is 2.47. The summed E-state index contributed by atoms with van der Waals surface area (Å²) in [5.74, 6) is 0. The SMILES string of the molecule is N#CCCN(CCCCCCN(CCC#N)[N+](=O)[O-])[N+](=O)[O-]. The van der Waals surface area contributed by atoms with Gasteiger partial charge in [-0.2, -0.15) is 10.5 Å². The van der Waals surface area contributed by atoms with Crippen molar-refractivity contribution in [1.82, 2.24) is 10.0 Å². The fourth-order valence-corrected chi connectivity index (χ4v) is 1.85. The van der Waals surface area contributed by atoms with Crippen molar-refractivity contribution in [2.75, 3.05) is 26.2 Å². The van der Waals surface area contributed by atoms with Gasteiger partial charge in [-0.05, 0) is 12.8 Å². The van der Waals surface area contributed by atoms with Crippen molar-refractivity contribution in [3.05, 3.63) is 20.2 Å². The predicted octanol–water partition coefficient (Wildman–Crippen LogP) is 1.36. The number of hydrogen-bond acceptors (Lipinski definition) is 6. The Labute approximate surface area is 128 Å². The second-order valence-electron chi connectivity index (χ2n) is 4.61. The van der Waals surface area contributed by atoms with Crippen LogP contribution < -0.4 is 0 Å². The number of nitro groups is 2. The minimum absolute atomic E-state index is 0.104. The molecule has 22 heavy (non-hydrogen) atoms. The zero-order chi connectivity index (χ0) is 16.8. The lowest BCUT2D eigenvalue weighted by atomic mass is 10.2. The topological polar surface area (TPSA) is 140 Å². The van der Waals surface area contributed by atoms with Gasteiger partial charge in [-0.25, -0.2) is 20.2 Å². The van der Waals surface area contributed by atoms with Crippen LogP contribution in [-0.2, 0) is 0 Å². The zero-order valence-corrected chi connectivity index (χ0v) is 12.4. The van der Waals surface area contributed by atoms with E-state index in [1.165, 1.54) is 0 Å². The molecule has 0 aromatic heterocycles. The Hall–Kier alpha value is -2.62. The van der Waals surface area contributed by atoms with Gasteiger partial charge in [-0.1, -0.05) is 12.8 Å². The van der Waals surface area contributed by atoms with Crippen LogP contribution in [0, 0.1) is 42.9 Å². The minimum Gasteiger partial charge on any atom is -0.235 e. The van der Waals surface area contributed by atoms with E-state index in [-0.39, 0.29) is 39.0 Å². The van der Waals surface area contributed by atoms with Crippen molar-refractivity contribution in [3.8, 4) is 12.1 Å².